The lowest BCUT2D eigenvalue weighted by molar-refractivity contribution is -0.115. The van der Waals surface area contributed by atoms with Crippen LogP contribution in [-0.2, 0) is 4.79 Å². The summed E-state index contributed by atoms with van der Waals surface area (Å²) in [4.78, 5) is 29.0. The van der Waals surface area contributed by atoms with Gasteiger partial charge in [0, 0.05) is 22.7 Å². The maximum atomic E-state index is 12.4. The number of nitrogens with zero attached hydrogens (tertiary/aromatic N) is 2. The predicted molar refractivity (Wildman–Crippen MR) is 113 cm³/mol. The van der Waals surface area contributed by atoms with Gasteiger partial charge >= 0.3 is 0 Å². The SMILES string of the molecule is Cc1ccccc1NC(=O)CNC(=O)c1ccc(-c2noc(C3CCCC3)n2)cc1. The van der Waals surface area contributed by atoms with E-state index in [0.717, 1.165) is 29.7 Å². The molecule has 1 aromatic heterocycles. The maximum Gasteiger partial charge on any atom is 0.251 e. The number of aryl methyl sites for hydroxylation is 1. The van der Waals surface area contributed by atoms with Gasteiger partial charge in [0.05, 0.1) is 6.54 Å². The second kappa shape index (κ2) is 8.90. The monoisotopic (exact) mass is 404 g/mol. The maximum absolute atomic E-state index is 12.4. The number of aromatic nitrogens is 2. The highest BCUT2D eigenvalue weighted by atomic mass is 16.5. The summed E-state index contributed by atoms with van der Waals surface area (Å²) in [6, 6.07) is 14.4. The molecule has 0 atom stereocenters. The van der Waals surface area contributed by atoms with Crippen LogP contribution < -0.4 is 10.6 Å². The van der Waals surface area contributed by atoms with Crippen LogP contribution in [0.15, 0.2) is 53.1 Å². The van der Waals surface area contributed by atoms with Crippen LogP contribution in [-0.4, -0.2) is 28.5 Å². The van der Waals surface area contributed by atoms with Gasteiger partial charge in [-0.15, -0.1) is 0 Å². The quantitative estimate of drug-likeness (QED) is 0.645. The van der Waals surface area contributed by atoms with Gasteiger partial charge in [0.25, 0.3) is 5.91 Å². The van der Waals surface area contributed by atoms with E-state index in [9.17, 15) is 9.59 Å². The molecule has 0 spiro atoms. The number of nitrogens with one attached hydrogen (secondary N) is 2. The fourth-order valence-electron chi connectivity index (χ4n) is 3.63. The highest BCUT2D eigenvalue weighted by Crippen LogP contribution is 2.33. The smallest absolute Gasteiger partial charge is 0.251 e. The Labute approximate surface area is 174 Å². The predicted octanol–water partition coefficient (Wildman–Crippen LogP) is 4.07. The summed E-state index contributed by atoms with van der Waals surface area (Å²) in [6.45, 7) is 1.81. The Morgan fingerprint density at radius 1 is 1.07 bits per heavy atom. The third-order valence-corrected chi connectivity index (χ3v) is 5.38. The molecular weight excluding hydrogens is 380 g/mol. The number of amides is 2. The minimum absolute atomic E-state index is 0.107. The molecule has 2 N–H and O–H groups in total. The topological polar surface area (TPSA) is 97.1 Å². The number of hydrogen-bond donors (Lipinski definition) is 2. The van der Waals surface area contributed by atoms with Gasteiger partial charge in [-0.25, -0.2) is 0 Å². The van der Waals surface area contributed by atoms with E-state index in [2.05, 4.69) is 20.8 Å². The van der Waals surface area contributed by atoms with Gasteiger partial charge in [-0.2, -0.15) is 4.98 Å². The number of rotatable bonds is 6. The van der Waals surface area contributed by atoms with Gasteiger partial charge in [-0.1, -0.05) is 48.3 Å². The van der Waals surface area contributed by atoms with Crippen molar-refractivity contribution in [3.05, 3.63) is 65.5 Å². The number of para-hydroxylation sites is 1. The highest BCUT2D eigenvalue weighted by molar-refractivity contribution is 5.99. The van der Waals surface area contributed by atoms with Crippen LogP contribution in [0.1, 0.15) is 53.4 Å². The molecule has 7 nitrogen and oxygen atoms in total. The fraction of sp³-hybridized carbons (Fsp3) is 0.304. The Balaban J connectivity index is 1.33. The van der Waals surface area contributed by atoms with Crippen LogP contribution in [0, 0.1) is 6.92 Å². The molecule has 1 aliphatic rings. The summed E-state index contributed by atoms with van der Waals surface area (Å²) in [7, 11) is 0. The third kappa shape index (κ3) is 4.56. The molecular formula is C23H24N4O3. The molecule has 0 bridgehead atoms. The van der Waals surface area contributed by atoms with Crippen LogP contribution in [0.3, 0.4) is 0 Å². The Bertz CT molecular complexity index is 1040. The average molecular weight is 404 g/mol. The van der Waals surface area contributed by atoms with Crippen LogP contribution in [0.2, 0.25) is 0 Å². The zero-order valence-corrected chi connectivity index (χ0v) is 16.9. The van der Waals surface area contributed by atoms with Crippen molar-refractivity contribution in [3.63, 3.8) is 0 Å². The standard InChI is InChI=1S/C23H24N4O3/c1-15-6-2-5-9-19(15)25-20(28)14-24-22(29)17-12-10-16(11-13-17)21-26-23(30-27-21)18-7-3-4-8-18/h2,5-6,9-13,18H,3-4,7-8,14H2,1H3,(H,24,29)(H,25,28). The molecule has 7 heteroatoms. The number of anilines is 1. The number of benzene rings is 2. The molecule has 0 unspecified atom stereocenters. The van der Waals surface area contributed by atoms with Gasteiger partial charge in [0.15, 0.2) is 0 Å². The lowest BCUT2D eigenvalue weighted by atomic mass is 10.1. The van der Waals surface area contributed by atoms with E-state index >= 15 is 0 Å². The van der Waals surface area contributed by atoms with Gasteiger partial charge in [-0.3, -0.25) is 9.59 Å². The van der Waals surface area contributed by atoms with Crippen LogP contribution in [0.4, 0.5) is 5.69 Å². The number of carbonyl (C=O) groups is 2. The zero-order valence-electron chi connectivity index (χ0n) is 16.9. The Hall–Kier alpha value is -3.48. The molecule has 3 aromatic rings. The van der Waals surface area contributed by atoms with Gasteiger partial charge < -0.3 is 15.2 Å². The highest BCUT2D eigenvalue weighted by Gasteiger charge is 2.23. The first-order valence-corrected chi connectivity index (χ1v) is 10.2. The summed E-state index contributed by atoms with van der Waals surface area (Å²) in [5, 5.41) is 9.50. The Kier molecular flexibility index (Phi) is 5.88. The fourth-order valence-corrected chi connectivity index (χ4v) is 3.63. The van der Waals surface area contributed by atoms with E-state index in [1.807, 2.05) is 31.2 Å². The van der Waals surface area contributed by atoms with Gasteiger partial charge in [0.1, 0.15) is 0 Å². The van der Waals surface area contributed by atoms with Crippen molar-refractivity contribution in [2.24, 2.45) is 0 Å². The minimum Gasteiger partial charge on any atom is -0.343 e. The molecule has 2 amide bonds. The van der Waals surface area contributed by atoms with Crippen molar-refractivity contribution >= 4 is 17.5 Å². The first-order chi connectivity index (χ1) is 14.6. The molecule has 2 aromatic carbocycles. The van der Waals surface area contributed by atoms with Crippen molar-refractivity contribution in [1.82, 2.24) is 15.5 Å². The van der Waals surface area contributed by atoms with Crippen LogP contribution in [0.5, 0.6) is 0 Å². The molecule has 30 heavy (non-hydrogen) atoms. The van der Waals surface area contributed by atoms with E-state index in [1.165, 1.54) is 12.8 Å². The largest absolute Gasteiger partial charge is 0.343 e. The average Bonchev–Trinajstić information content (AvgIpc) is 3.46. The molecule has 0 radical (unpaired) electrons. The van der Waals surface area contributed by atoms with Crippen LogP contribution >= 0.6 is 0 Å². The summed E-state index contributed by atoms with van der Waals surface area (Å²) in [5.74, 6) is 0.995. The molecule has 0 aliphatic heterocycles. The van der Waals surface area contributed by atoms with E-state index in [1.54, 1.807) is 24.3 Å². The van der Waals surface area contributed by atoms with Crippen molar-refractivity contribution in [2.75, 3.05) is 11.9 Å². The lowest BCUT2D eigenvalue weighted by Crippen LogP contribution is -2.32. The van der Waals surface area contributed by atoms with E-state index in [-0.39, 0.29) is 18.4 Å². The molecule has 0 saturated heterocycles. The van der Waals surface area contributed by atoms with E-state index < -0.39 is 0 Å². The summed E-state index contributed by atoms with van der Waals surface area (Å²) in [5.41, 5.74) is 2.95. The Morgan fingerprint density at radius 2 is 1.80 bits per heavy atom. The zero-order chi connectivity index (χ0) is 20.9. The summed E-state index contributed by atoms with van der Waals surface area (Å²) < 4.78 is 5.42. The first kappa shape index (κ1) is 19.8. The van der Waals surface area contributed by atoms with Gasteiger partial charge in [-0.05, 0) is 43.5 Å². The molecule has 1 aliphatic carbocycles. The third-order valence-electron chi connectivity index (χ3n) is 5.38. The molecule has 4 rings (SSSR count). The molecule has 1 saturated carbocycles. The Morgan fingerprint density at radius 3 is 2.53 bits per heavy atom. The van der Waals surface area contributed by atoms with Crippen molar-refractivity contribution in [3.8, 4) is 11.4 Å². The summed E-state index contributed by atoms with van der Waals surface area (Å²) >= 11 is 0. The van der Waals surface area contributed by atoms with Gasteiger partial charge in [0.2, 0.25) is 17.6 Å². The lowest BCUT2D eigenvalue weighted by Gasteiger charge is -2.09. The second-order valence-electron chi connectivity index (χ2n) is 7.56. The van der Waals surface area contributed by atoms with Crippen molar-refractivity contribution < 1.29 is 14.1 Å². The van der Waals surface area contributed by atoms with Crippen molar-refractivity contribution in [2.45, 2.75) is 38.5 Å². The minimum atomic E-state index is -0.318. The first-order valence-electron chi connectivity index (χ1n) is 10.2. The molecule has 1 heterocycles. The number of carbonyl (C=O) groups excluding carboxylic acids is 2. The van der Waals surface area contributed by atoms with E-state index in [0.29, 0.717) is 23.2 Å². The van der Waals surface area contributed by atoms with E-state index in [4.69, 9.17) is 4.52 Å². The van der Waals surface area contributed by atoms with Crippen molar-refractivity contribution in [1.29, 1.82) is 0 Å². The molecule has 154 valence electrons. The summed E-state index contributed by atoms with van der Waals surface area (Å²) in [6.07, 6.45) is 4.60. The normalized spacial score (nSPS) is 13.9. The van der Waals surface area contributed by atoms with Crippen LogP contribution in [0.25, 0.3) is 11.4 Å². The molecule has 1 fully saturated rings. The second-order valence-corrected chi connectivity index (χ2v) is 7.56. The number of hydrogen-bond acceptors (Lipinski definition) is 5.